The van der Waals surface area contributed by atoms with Gasteiger partial charge < -0.3 is 0 Å². The summed E-state index contributed by atoms with van der Waals surface area (Å²) in [6.45, 7) is 5.99. The van der Waals surface area contributed by atoms with Gasteiger partial charge in [0.15, 0.2) is 0 Å². The summed E-state index contributed by atoms with van der Waals surface area (Å²) in [6.07, 6.45) is 3.74. The molecule has 0 saturated carbocycles. The molecular formula is C20H25N. The van der Waals surface area contributed by atoms with Crippen LogP contribution in [0, 0.1) is 5.92 Å². The molecule has 0 atom stereocenters. The lowest BCUT2D eigenvalue weighted by Gasteiger charge is -2.30. The van der Waals surface area contributed by atoms with Gasteiger partial charge in [0.2, 0.25) is 0 Å². The van der Waals surface area contributed by atoms with Crippen LogP contribution < -0.4 is 0 Å². The average Bonchev–Trinajstić information content (AvgIpc) is 2.51. The summed E-state index contributed by atoms with van der Waals surface area (Å²) in [5.74, 6) is 0.908. The van der Waals surface area contributed by atoms with Gasteiger partial charge in [0, 0.05) is 6.54 Å². The normalized spacial score (nSPS) is 17.0. The second kappa shape index (κ2) is 6.91. The first-order valence-corrected chi connectivity index (χ1v) is 8.14. The first kappa shape index (κ1) is 14.3. The quantitative estimate of drug-likeness (QED) is 0.796. The molecule has 1 aliphatic rings. The van der Waals surface area contributed by atoms with Gasteiger partial charge in [-0.3, -0.25) is 4.90 Å². The maximum Gasteiger partial charge on any atom is 0.0233 e. The third-order valence-corrected chi connectivity index (χ3v) is 4.52. The van der Waals surface area contributed by atoms with Crippen molar-refractivity contribution in [2.45, 2.75) is 32.7 Å². The van der Waals surface area contributed by atoms with E-state index in [-0.39, 0.29) is 0 Å². The van der Waals surface area contributed by atoms with Crippen molar-refractivity contribution in [2.24, 2.45) is 5.92 Å². The van der Waals surface area contributed by atoms with Crippen molar-refractivity contribution in [3.8, 4) is 0 Å². The molecule has 1 fully saturated rings. The molecule has 0 spiro atoms. The Bertz CT molecular complexity index is 553. The van der Waals surface area contributed by atoms with E-state index in [0.29, 0.717) is 0 Å². The van der Waals surface area contributed by atoms with Crippen molar-refractivity contribution in [2.75, 3.05) is 13.1 Å². The van der Waals surface area contributed by atoms with Gasteiger partial charge >= 0.3 is 0 Å². The summed E-state index contributed by atoms with van der Waals surface area (Å²) in [5.41, 5.74) is 4.27. The van der Waals surface area contributed by atoms with Crippen LogP contribution in [0.5, 0.6) is 0 Å². The van der Waals surface area contributed by atoms with Crippen LogP contribution in [0.1, 0.15) is 36.5 Å². The third kappa shape index (κ3) is 4.18. The molecule has 0 N–H and O–H groups in total. The van der Waals surface area contributed by atoms with E-state index in [1.165, 1.54) is 42.6 Å². The lowest BCUT2D eigenvalue weighted by molar-refractivity contribution is 0.185. The zero-order chi connectivity index (χ0) is 14.5. The Morgan fingerprint density at radius 2 is 1.52 bits per heavy atom. The van der Waals surface area contributed by atoms with Crippen LogP contribution in [0.15, 0.2) is 54.6 Å². The van der Waals surface area contributed by atoms with E-state index >= 15 is 0 Å². The maximum atomic E-state index is 2.60. The van der Waals surface area contributed by atoms with Gasteiger partial charge in [-0.15, -0.1) is 0 Å². The van der Waals surface area contributed by atoms with E-state index in [1.807, 2.05) is 0 Å². The van der Waals surface area contributed by atoms with E-state index in [2.05, 4.69) is 66.4 Å². The smallest absolute Gasteiger partial charge is 0.0233 e. The topological polar surface area (TPSA) is 3.24 Å². The van der Waals surface area contributed by atoms with Crippen LogP contribution in [0.3, 0.4) is 0 Å². The van der Waals surface area contributed by atoms with Gasteiger partial charge in [0.1, 0.15) is 0 Å². The number of rotatable bonds is 4. The summed E-state index contributed by atoms with van der Waals surface area (Å²) >= 11 is 0. The van der Waals surface area contributed by atoms with Crippen molar-refractivity contribution in [3.05, 3.63) is 71.3 Å². The Morgan fingerprint density at radius 3 is 2.29 bits per heavy atom. The van der Waals surface area contributed by atoms with E-state index < -0.39 is 0 Å². The number of nitrogens with zero attached hydrogens (tertiary/aromatic N) is 1. The van der Waals surface area contributed by atoms with Crippen LogP contribution >= 0.6 is 0 Å². The van der Waals surface area contributed by atoms with Crippen molar-refractivity contribution in [3.63, 3.8) is 0 Å². The Kier molecular flexibility index (Phi) is 4.72. The molecule has 1 heterocycles. The van der Waals surface area contributed by atoms with Crippen LogP contribution in [-0.4, -0.2) is 18.0 Å². The summed E-state index contributed by atoms with van der Waals surface area (Å²) in [4.78, 5) is 2.60. The van der Waals surface area contributed by atoms with Crippen LogP contribution in [-0.2, 0) is 13.0 Å². The molecule has 21 heavy (non-hydrogen) atoms. The van der Waals surface area contributed by atoms with Crippen molar-refractivity contribution in [1.82, 2.24) is 4.90 Å². The van der Waals surface area contributed by atoms with Gasteiger partial charge in [-0.2, -0.15) is 0 Å². The minimum absolute atomic E-state index is 0.908. The summed E-state index contributed by atoms with van der Waals surface area (Å²) in [5, 5.41) is 0. The van der Waals surface area contributed by atoms with Gasteiger partial charge in [-0.05, 0) is 55.0 Å². The van der Waals surface area contributed by atoms with Gasteiger partial charge in [-0.25, -0.2) is 0 Å². The first-order valence-electron chi connectivity index (χ1n) is 8.14. The molecular weight excluding hydrogens is 254 g/mol. The van der Waals surface area contributed by atoms with Crippen molar-refractivity contribution < 1.29 is 0 Å². The molecule has 0 unspecified atom stereocenters. The van der Waals surface area contributed by atoms with E-state index in [1.54, 1.807) is 0 Å². The van der Waals surface area contributed by atoms with Crippen LogP contribution in [0.25, 0.3) is 0 Å². The van der Waals surface area contributed by atoms with Crippen LogP contribution in [0.4, 0.5) is 0 Å². The summed E-state index contributed by atoms with van der Waals surface area (Å²) in [6, 6.07) is 19.8. The van der Waals surface area contributed by atoms with E-state index in [0.717, 1.165) is 18.9 Å². The molecule has 0 bridgehead atoms. The fourth-order valence-corrected chi connectivity index (χ4v) is 3.15. The van der Waals surface area contributed by atoms with Gasteiger partial charge in [0.05, 0.1) is 0 Å². The number of likely N-dealkylation sites (tertiary alicyclic amines) is 1. The number of hydrogen-bond donors (Lipinski definition) is 0. The zero-order valence-electron chi connectivity index (χ0n) is 13.0. The van der Waals surface area contributed by atoms with E-state index in [4.69, 9.17) is 0 Å². The van der Waals surface area contributed by atoms with E-state index in [9.17, 15) is 0 Å². The molecule has 3 rings (SSSR count). The first-order chi connectivity index (χ1) is 10.3. The molecule has 2 aromatic rings. The molecule has 0 aliphatic carbocycles. The molecule has 1 aliphatic heterocycles. The van der Waals surface area contributed by atoms with Crippen molar-refractivity contribution >= 4 is 0 Å². The highest BCUT2D eigenvalue weighted by Crippen LogP contribution is 2.19. The van der Waals surface area contributed by atoms with Crippen molar-refractivity contribution in [1.29, 1.82) is 0 Å². The molecule has 1 heteroatoms. The fourth-order valence-electron chi connectivity index (χ4n) is 3.15. The number of benzene rings is 2. The monoisotopic (exact) mass is 279 g/mol. The summed E-state index contributed by atoms with van der Waals surface area (Å²) in [7, 11) is 0. The maximum absolute atomic E-state index is 2.60. The molecule has 2 aromatic carbocycles. The molecule has 0 radical (unpaired) electrons. The number of piperidine rings is 1. The second-order valence-electron chi connectivity index (χ2n) is 6.44. The SMILES string of the molecule is CC1CCN(Cc2cccc(Cc3ccccc3)c2)CC1. The molecule has 110 valence electrons. The van der Waals surface area contributed by atoms with Crippen LogP contribution in [0.2, 0.25) is 0 Å². The molecule has 1 nitrogen and oxygen atoms in total. The third-order valence-electron chi connectivity index (χ3n) is 4.52. The Hall–Kier alpha value is -1.60. The fraction of sp³-hybridized carbons (Fsp3) is 0.400. The standard InChI is InChI=1S/C20H25N/c1-17-10-12-21(13-11-17)16-20-9-5-8-19(15-20)14-18-6-3-2-4-7-18/h2-9,15,17H,10-14,16H2,1H3. The largest absolute Gasteiger partial charge is 0.299 e. The highest BCUT2D eigenvalue weighted by atomic mass is 15.1. The Morgan fingerprint density at radius 1 is 0.857 bits per heavy atom. The van der Waals surface area contributed by atoms with Gasteiger partial charge in [0.25, 0.3) is 0 Å². The predicted molar refractivity (Wildman–Crippen MR) is 89.4 cm³/mol. The average molecular weight is 279 g/mol. The lowest BCUT2D eigenvalue weighted by atomic mass is 9.98. The number of hydrogen-bond acceptors (Lipinski definition) is 1. The highest BCUT2D eigenvalue weighted by molar-refractivity contribution is 5.29. The molecule has 0 aromatic heterocycles. The molecule has 1 saturated heterocycles. The zero-order valence-corrected chi connectivity index (χ0v) is 13.0. The summed E-state index contributed by atoms with van der Waals surface area (Å²) < 4.78 is 0. The van der Waals surface area contributed by atoms with Gasteiger partial charge in [-0.1, -0.05) is 61.5 Å². The second-order valence-corrected chi connectivity index (χ2v) is 6.44. The Balaban J connectivity index is 1.63. The highest BCUT2D eigenvalue weighted by Gasteiger charge is 2.15. The minimum Gasteiger partial charge on any atom is -0.299 e. The minimum atomic E-state index is 0.908. The molecule has 0 amide bonds. The Labute approximate surface area is 128 Å². The lowest BCUT2D eigenvalue weighted by Crippen LogP contribution is -2.32. The predicted octanol–water partition coefficient (Wildman–Crippen LogP) is 4.51.